The van der Waals surface area contributed by atoms with E-state index in [4.69, 9.17) is 11.6 Å². The number of anilines is 2. The summed E-state index contributed by atoms with van der Waals surface area (Å²) in [4.78, 5) is 27.8. The number of halogens is 2. The Morgan fingerprint density at radius 3 is 2.23 bits per heavy atom. The fraction of sp³-hybridized carbons (Fsp3) is 0.0833. The van der Waals surface area contributed by atoms with Gasteiger partial charge in [0, 0.05) is 5.69 Å². The van der Waals surface area contributed by atoms with Gasteiger partial charge in [0.25, 0.3) is 11.8 Å². The van der Waals surface area contributed by atoms with Crippen LogP contribution in [0.5, 0.6) is 0 Å². The average molecular weight is 421 g/mol. The Morgan fingerprint density at radius 2 is 1.57 bits per heavy atom. The van der Waals surface area contributed by atoms with Crippen LogP contribution in [0.1, 0.15) is 16.7 Å². The predicted molar refractivity (Wildman–Crippen MR) is 117 cm³/mol. The van der Waals surface area contributed by atoms with Crippen molar-refractivity contribution in [1.29, 1.82) is 0 Å². The smallest absolute Gasteiger partial charge is 0.282 e. The molecule has 1 heterocycles. The van der Waals surface area contributed by atoms with Gasteiger partial charge in [-0.05, 0) is 66.9 Å². The van der Waals surface area contributed by atoms with Gasteiger partial charge in [0.2, 0.25) is 0 Å². The minimum atomic E-state index is -0.523. The first-order chi connectivity index (χ1) is 14.4. The third-order valence-electron chi connectivity index (χ3n) is 5.09. The minimum absolute atomic E-state index is 0.120. The van der Waals surface area contributed by atoms with Gasteiger partial charge in [-0.3, -0.25) is 9.59 Å². The molecule has 2 amide bonds. The van der Waals surface area contributed by atoms with Crippen LogP contribution in [0.3, 0.4) is 0 Å². The fourth-order valence-corrected chi connectivity index (χ4v) is 3.56. The molecule has 6 heteroatoms. The summed E-state index contributed by atoms with van der Waals surface area (Å²) in [6.45, 7) is 3.92. The van der Waals surface area contributed by atoms with E-state index in [-0.39, 0.29) is 11.3 Å². The van der Waals surface area contributed by atoms with E-state index in [0.717, 1.165) is 16.0 Å². The SMILES string of the molecule is Cc1ccc(C2=C(Nc3ccc(F)cc3)C(=O)N(c3ccccc3Cl)C2=O)cc1C. The highest BCUT2D eigenvalue weighted by Crippen LogP contribution is 2.37. The van der Waals surface area contributed by atoms with Crippen LogP contribution >= 0.6 is 11.6 Å². The van der Waals surface area contributed by atoms with E-state index in [1.165, 1.54) is 24.3 Å². The monoisotopic (exact) mass is 420 g/mol. The Hall–Kier alpha value is -3.44. The van der Waals surface area contributed by atoms with Crippen LogP contribution in [-0.2, 0) is 9.59 Å². The molecule has 3 aromatic rings. The summed E-state index contributed by atoms with van der Waals surface area (Å²) < 4.78 is 13.3. The third kappa shape index (κ3) is 3.48. The van der Waals surface area contributed by atoms with Gasteiger partial charge in [0.1, 0.15) is 11.5 Å². The number of hydrogen-bond donors (Lipinski definition) is 1. The Morgan fingerprint density at radius 1 is 0.867 bits per heavy atom. The summed E-state index contributed by atoms with van der Waals surface area (Å²) in [5.41, 5.74) is 3.86. The second-order valence-electron chi connectivity index (χ2n) is 7.08. The lowest BCUT2D eigenvalue weighted by Crippen LogP contribution is -2.32. The van der Waals surface area contributed by atoms with E-state index in [1.54, 1.807) is 24.3 Å². The maximum absolute atomic E-state index is 13.4. The number of amides is 2. The second-order valence-corrected chi connectivity index (χ2v) is 7.49. The second kappa shape index (κ2) is 7.76. The first-order valence-corrected chi connectivity index (χ1v) is 9.72. The molecule has 0 fully saturated rings. The highest BCUT2D eigenvalue weighted by atomic mass is 35.5. The molecule has 4 rings (SSSR count). The molecule has 150 valence electrons. The van der Waals surface area contributed by atoms with Crippen LogP contribution in [0.15, 0.2) is 72.4 Å². The Kier molecular flexibility index (Phi) is 5.14. The molecule has 1 aliphatic heterocycles. The molecule has 0 unspecified atom stereocenters. The first-order valence-electron chi connectivity index (χ1n) is 9.34. The van der Waals surface area contributed by atoms with Crippen LogP contribution in [-0.4, -0.2) is 11.8 Å². The van der Waals surface area contributed by atoms with Crippen molar-refractivity contribution in [2.75, 3.05) is 10.2 Å². The molecule has 0 aliphatic carbocycles. The Balaban J connectivity index is 1.86. The zero-order chi connectivity index (χ0) is 21.4. The van der Waals surface area contributed by atoms with E-state index in [1.807, 2.05) is 32.0 Å². The van der Waals surface area contributed by atoms with Crippen LogP contribution < -0.4 is 10.2 Å². The van der Waals surface area contributed by atoms with Gasteiger partial charge in [-0.15, -0.1) is 0 Å². The number of hydrogen-bond acceptors (Lipinski definition) is 3. The third-order valence-corrected chi connectivity index (χ3v) is 5.41. The van der Waals surface area contributed by atoms with Crippen molar-refractivity contribution in [2.24, 2.45) is 0 Å². The highest BCUT2D eigenvalue weighted by molar-refractivity contribution is 6.48. The predicted octanol–water partition coefficient (Wildman–Crippen LogP) is 5.49. The van der Waals surface area contributed by atoms with E-state index < -0.39 is 17.6 Å². The number of carbonyl (C=O) groups is 2. The summed E-state index contributed by atoms with van der Waals surface area (Å²) in [7, 11) is 0. The largest absolute Gasteiger partial charge is 0.350 e. The van der Waals surface area contributed by atoms with Crippen LogP contribution in [0.25, 0.3) is 5.57 Å². The van der Waals surface area contributed by atoms with Gasteiger partial charge in [-0.1, -0.05) is 41.9 Å². The highest BCUT2D eigenvalue weighted by Gasteiger charge is 2.41. The molecule has 0 spiro atoms. The number of imide groups is 1. The number of para-hydroxylation sites is 1. The summed E-state index contributed by atoms with van der Waals surface area (Å²) in [6.07, 6.45) is 0. The number of nitrogens with one attached hydrogen (secondary N) is 1. The number of nitrogens with zero attached hydrogens (tertiary/aromatic N) is 1. The normalized spacial score (nSPS) is 13.9. The molecule has 3 aromatic carbocycles. The molecule has 0 saturated carbocycles. The molecule has 1 N–H and O–H groups in total. The summed E-state index contributed by atoms with van der Waals surface area (Å²) in [6, 6.07) is 17.9. The zero-order valence-corrected chi connectivity index (χ0v) is 17.1. The van der Waals surface area contributed by atoms with E-state index in [2.05, 4.69) is 5.32 Å². The van der Waals surface area contributed by atoms with Gasteiger partial charge < -0.3 is 5.32 Å². The average Bonchev–Trinajstić information content (AvgIpc) is 2.96. The first kappa shape index (κ1) is 19.9. The molecule has 0 bridgehead atoms. The van der Waals surface area contributed by atoms with E-state index in [9.17, 15) is 14.0 Å². The summed E-state index contributed by atoms with van der Waals surface area (Å²) in [5, 5.41) is 3.30. The molecule has 30 heavy (non-hydrogen) atoms. The molecular weight excluding hydrogens is 403 g/mol. The van der Waals surface area contributed by atoms with E-state index >= 15 is 0 Å². The molecular formula is C24H18ClFN2O2. The summed E-state index contributed by atoms with van der Waals surface area (Å²) in [5.74, 6) is -1.39. The van der Waals surface area contributed by atoms with Crippen LogP contribution in [0.4, 0.5) is 15.8 Å². The van der Waals surface area contributed by atoms with E-state index in [0.29, 0.717) is 22.0 Å². The van der Waals surface area contributed by atoms with Crippen LogP contribution in [0.2, 0.25) is 5.02 Å². The van der Waals surface area contributed by atoms with Crippen molar-refractivity contribution in [1.82, 2.24) is 0 Å². The lowest BCUT2D eigenvalue weighted by molar-refractivity contribution is -0.120. The molecule has 1 aliphatic rings. The van der Waals surface area contributed by atoms with Crippen molar-refractivity contribution < 1.29 is 14.0 Å². The van der Waals surface area contributed by atoms with Crippen LogP contribution in [0, 0.1) is 19.7 Å². The molecule has 0 saturated heterocycles. The zero-order valence-electron chi connectivity index (χ0n) is 16.4. The number of carbonyl (C=O) groups excluding carboxylic acids is 2. The molecule has 0 radical (unpaired) electrons. The number of benzene rings is 3. The Bertz CT molecular complexity index is 1200. The Labute approximate surface area is 178 Å². The molecule has 0 atom stereocenters. The minimum Gasteiger partial charge on any atom is -0.350 e. The van der Waals surface area contributed by atoms with Crippen molar-refractivity contribution in [3.63, 3.8) is 0 Å². The van der Waals surface area contributed by atoms with Crippen molar-refractivity contribution in [3.8, 4) is 0 Å². The van der Waals surface area contributed by atoms with Gasteiger partial charge in [0.05, 0.1) is 16.3 Å². The quantitative estimate of drug-likeness (QED) is 0.567. The van der Waals surface area contributed by atoms with Crippen molar-refractivity contribution >= 4 is 40.4 Å². The van der Waals surface area contributed by atoms with Gasteiger partial charge in [0.15, 0.2) is 0 Å². The number of aryl methyl sites for hydroxylation is 2. The van der Waals surface area contributed by atoms with Gasteiger partial charge in [-0.25, -0.2) is 9.29 Å². The standard InChI is InChI=1S/C24H18ClFN2O2/c1-14-7-8-16(13-15(14)2)21-22(27-18-11-9-17(26)10-12-18)24(30)28(23(21)29)20-6-4-3-5-19(20)25/h3-13,27H,1-2H3. The maximum Gasteiger partial charge on any atom is 0.282 e. The van der Waals surface area contributed by atoms with Crippen molar-refractivity contribution in [2.45, 2.75) is 13.8 Å². The lowest BCUT2D eigenvalue weighted by Gasteiger charge is -2.16. The molecule has 4 nitrogen and oxygen atoms in total. The van der Waals surface area contributed by atoms with Gasteiger partial charge in [-0.2, -0.15) is 0 Å². The topological polar surface area (TPSA) is 49.4 Å². The summed E-state index contributed by atoms with van der Waals surface area (Å²) >= 11 is 6.27. The fourth-order valence-electron chi connectivity index (χ4n) is 3.34. The lowest BCUT2D eigenvalue weighted by atomic mass is 9.99. The number of rotatable bonds is 4. The molecule has 0 aromatic heterocycles. The van der Waals surface area contributed by atoms with Gasteiger partial charge >= 0.3 is 0 Å². The van der Waals surface area contributed by atoms with Crippen molar-refractivity contribution in [3.05, 3.63) is 100.0 Å². The maximum atomic E-state index is 13.4.